The third-order valence-electron chi connectivity index (χ3n) is 10.9. The predicted octanol–water partition coefficient (Wildman–Crippen LogP) is 12.6. The molecule has 2 heterocycles. The number of phenolic OH excluding ortho intramolecular Hbond substituents is 1. The lowest BCUT2D eigenvalue weighted by atomic mass is 9.83. The van der Waals surface area contributed by atoms with Crippen molar-refractivity contribution in [3.63, 3.8) is 0 Å². The van der Waals surface area contributed by atoms with Gasteiger partial charge in [-0.1, -0.05) is 118 Å². The van der Waals surface area contributed by atoms with E-state index in [1.165, 1.54) is 22.3 Å². The van der Waals surface area contributed by atoms with E-state index in [1.807, 2.05) is 18.3 Å². The number of aryl methyl sites for hydroxylation is 1. The molecule has 1 N–H and O–H groups in total. The molecule has 0 radical (unpaired) electrons. The number of phenols is 1. The van der Waals surface area contributed by atoms with E-state index in [-0.39, 0.29) is 5.41 Å². The van der Waals surface area contributed by atoms with Crippen molar-refractivity contribution < 1.29 is 5.11 Å². The van der Waals surface area contributed by atoms with Crippen LogP contribution in [0.5, 0.6) is 5.75 Å². The van der Waals surface area contributed by atoms with Crippen LogP contribution in [0.15, 0.2) is 152 Å². The average Bonchev–Trinajstić information content (AvgIpc) is 3.61. The van der Waals surface area contributed by atoms with Gasteiger partial charge in [0.2, 0.25) is 0 Å². The molecule has 0 aliphatic heterocycles. The molecule has 4 heteroatoms. The summed E-state index contributed by atoms with van der Waals surface area (Å²) in [6, 6.07) is 51.4. The van der Waals surface area contributed by atoms with E-state index < -0.39 is 0 Å². The Balaban J connectivity index is 1.19. The van der Waals surface area contributed by atoms with Gasteiger partial charge in [-0.05, 0) is 124 Å². The molecule has 0 amide bonds. The molecule has 0 spiro atoms. The molecule has 4 nitrogen and oxygen atoms in total. The number of benzene rings is 6. The van der Waals surface area contributed by atoms with E-state index >= 15 is 0 Å². The van der Waals surface area contributed by atoms with Crippen molar-refractivity contribution in [3.8, 4) is 67.5 Å². The molecule has 0 bridgehead atoms. The number of imidazole rings is 1. The zero-order valence-electron chi connectivity index (χ0n) is 31.1. The fraction of sp³-hybridized carbons (Fsp3) is 0.160. The molecule has 0 atom stereocenters. The Hall–Kier alpha value is -6.26. The first-order valence-electron chi connectivity index (χ1n) is 19.0. The van der Waals surface area contributed by atoms with Gasteiger partial charge in [-0.15, -0.1) is 0 Å². The molecule has 264 valence electrons. The second-order valence-corrected chi connectivity index (χ2v) is 15.5. The summed E-state index contributed by atoms with van der Waals surface area (Å²) in [6.45, 7) is 6.78. The monoisotopic (exact) mass is 701 g/mol. The standard InChI is InChI=1S/C50H43N3O/c1-50(2,3)40-30-38(29-39(31-40)45-32-37(27-28-51-45)35-23-21-34(22-24-35)33-13-6-4-7-14-33)42-19-12-20-46-47(42)52-49(53(46)41-16-8-5-9-17-41)44-26-25-36-15-10-11-18-43(36)48(44)54/h4-9,12-14,16-17,19-32,54H,10-11,15,18H2,1-3H3. The average molecular weight is 702 g/mol. The van der Waals surface area contributed by atoms with E-state index in [9.17, 15) is 5.11 Å². The van der Waals surface area contributed by atoms with Gasteiger partial charge in [0.15, 0.2) is 0 Å². The summed E-state index contributed by atoms with van der Waals surface area (Å²) in [5, 5.41) is 11.8. The first-order valence-corrected chi connectivity index (χ1v) is 19.0. The van der Waals surface area contributed by atoms with Crippen LogP contribution in [0.4, 0.5) is 0 Å². The third kappa shape index (κ3) is 6.18. The van der Waals surface area contributed by atoms with Crippen molar-refractivity contribution in [2.24, 2.45) is 0 Å². The lowest BCUT2D eigenvalue weighted by molar-refractivity contribution is 0.463. The van der Waals surface area contributed by atoms with Crippen LogP contribution in [-0.2, 0) is 18.3 Å². The number of fused-ring (bicyclic) bond motifs is 2. The van der Waals surface area contributed by atoms with Crippen LogP contribution in [-0.4, -0.2) is 19.6 Å². The maximum Gasteiger partial charge on any atom is 0.149 e. The van der Waals surface area contributed by atoms with Crippen molar-refractivity contribution in [1.82, 2.24) is 14.5 Å². The summed E-state index contributed by atoms with van der Waals surface area (Å²) >= 11 is 0. The van der Waals surface area contributed by atoms with Crippen LogP contribution in [0.1, 0.15) is 50.3 Å². The summed E-state index contributed by atoms with van der Waals surface area (Å²) in [7, 11) is 0. The molecule has 0 saturated carbocycles. The Morgan fingerprint density at radius 2 is 1.26 bits per heavy atom. The summed E-state index contributed by atoms with van der Waals surface area (Å²) in [5.74, 6) is 1.10. The molecule has 1 aliphatic rings. The number of nitrogens with zero attached hydrogens (tertiary/aromatic N) is 3. The fourth-order valence-electron chi connectivity index (χ4n) is 7.96. The van der Waals surface area contributed by atoms with E-state index in [0.29, 0.717) is 5.75 Å². The van der Waals surface area contributed by atoms with Crippen LogP contribution in [0, 0.1) is 0 Å². The minimum absolute atomic E-state index is 0.104. The molecule has 6 aromatic carbocycles. The molecule has 1 aliphatic carbocycles. The van der Waals surface area contributed by atoms with E-state index in [1.54, 1.807) is 0 Å². The van der Waals surface area contributed by atoms with Gasteiger partial charge in [0.1, 0.15) is 11.6 Å². The van der Waals surface area contributed by atoms with Crippen molar-refractivity contribution in [2.45, 2.75) is 51.9 Å². The zero-order chi connectivity index (χ0) is 36.8. The smallest absolute Gasteiger partial charge is 0.149 e. The number of para-hydroxylation sites is 2. The SMILES string of the molecule is CC(C)(C)c1cc(-c2cc(-c3ccc(-c4ccccc4)cc3)ccn2)cc(-c2cccc3c2nc(-c2ccc4c(c2O)CCCC4)n3-c2ccccc2)c1. The first-order chi connectivity index (χ1) is 26.3. The summed E-state index contributed by atoms with van der Waals surface area (Å²) < 4.78 is 2.20. The summed E-state index contributed by atoms with van der Waals surface area (Å²) in [4.78, 5) is 10.3. The van der Waals surface area contributed by atoms with Gasteiger partial charge in [-0.3, -0.25) is 9.55 Å². The van der Waals surface area contributed by atoms with Gasteiger partial charge in [0.05, 0.1) is 22.3 Å². The largest absolute Gasteiger partial charge is 0.507 e. The Labute approximate surface area is 317 Å². The van der Waals surface area contributed by atoms with Crippen LogP contribution >= 0.6 is 0 Å². The molecule has 0 unspecified atom stereocenters. The van der Waals surface area contributed by atoms with Gasteiger partial charge in [0.25, 0.3) is 0 Å². The van der Waals surface area contributed by atoms with Crippen LogP contribution in [0.25, 0.3) is 72.7 Å². The van der Waals surface area contributed by atoms with Crippen molar-refractivity contribution >= 4 is 11.0 Å². The van der Waals surface area contributed by atoms with Gasteiger partial charge >= 0.3 is 0 Å². The highest BCUT2D eigenvalue weighted by molar-refractivity contribution is 5.97. The van der Waals surface area contributed by atoms with E-state index in [4.69, 9.17) is 9.97 Å². The molecule has 54 heavy (non-hydrogen) atoms. The highest BCUT2D eigenvalue weighted by Crippen LogP contribution is 2.42. The van der Waals surface area contributed by atoms with Crippen molar-refractivity contribution in [3.05, 3.63) is 168 Å². The number of aromatic hydroxyl groups is 1. The van der Waals surface area contributed by atoms with Crippen LogP contribution < -0.4 is 0 Å². The molecule has 0 saturated heterocycles. The highest BCUT2D eigenvalue weighted by atomic mass is 16.3. The van der Waals surface area contributed by atoms with Gasteiger partial charge in [-0.25, -0.2) is 4.98 Å². The molecule has 0 fully saturated rings. The topological polar surface area (TPSA) is 50.9 Å². The normalized spacial score (nSPS) is 12.9. The quantitative estimate of drug-likeness (QED) is 0.188. The second kappa shape index (κ2) is 13.6. The molecule has 2 aromatic heterocycles. The van der Waals surface area contributed by atoms with Crippen molar-refractivity contribution in [1.29, 1.82) is 0 Å². The lowest BCUT2D eigenvalue weighted by Gasteiger charge is -2.22. The minimum atomic E-state index is -0.104. The first kappa shape index (κ1) is 33.6. The number of aromatic nitrogens is 3. The van der Waals surface area contributed by atoms with Gasteiger partial charge in [-0.2, -0.15) is 0 Å². The number of hydrogen-bond acceptors (Lipinski definition) is 3. The number of rotatable bonds is 6. The Morgan fingerprint density at radius 1 is 0.574 bits per heavy atom. The van der Waals surface area contributed by atoms with Gasteiger partial charge < -0.3 is 5.11 Å². The Bertz CT molecular complexity index is 2630. The lowest BCUT2D eigenvalue weighted by Crippen LogP contribution is -2.11. The number of hydrogen-bond donors (Lipinski definition) is 1. The molecule has 8 aromatic rings. The zero-order valence-corrected chi connectivity index (χ0v) is 31.1. The highest BCUT2D eigenvalue weighted by Gasteiger charge is 2.24. The van der Waals surface area contributed by atoms with Crippen LogP contribution in [0.3, 0.4) is 0 Å². The molecule has 9 rings (SSSR count). The second-order valence-electron chi connectivity index (χ2n) is 15.5. The number of pyridine rings is 1. The molecular formula is C50H43N3O. The van der Waals surface area contributed by atoms with E-state index in [0.717, 1.165) is 92.9 Å². The van der Waals surface area contributed by atoms with Crippen molar-refractivity contribution in [2.75, 3.05) is 0 Å². The van der Waals surface area contributed by atoms with E-state index in [2.05, 4.69) is 159 Å². The maximum absolute atomic E-state index is 11.8. The Kier molecular flexibility index (Phi) is 8.47. The maximum atomic E-state index is 11.8. The third-order valence-corrected chi connectivity index (χ3v) is 10.9. The molecular weight excluding hydrogens is 659 g/mol. The summed E-state index contributed by atoms with van der Waals surface area (Å²) in [5.41, 5.74) is 15.9. The predicted molar refractivity (Wildman–Crippen MR) is 223 cm³/mol. The Morgan fingerprint density at radius 3 is 2.02 bits per heavy atom. The van der Waals surface area contributed by atoms with Gasteiger partial charge in [0, 0.05) is 23.0 Å². The summed E-state index contributed by atoms with van der Waals surface area (Å²) in [6.07, 6.45) is 6.07. The van der Waals surface area contributed by atoms with Crippen LogP contribution in [0.2, 0.25) is 0 Å². The fourth-order valence-corrected chi connectivity index (χ4v) is 7.96. The minimum Gasteiger partial charge on any atom is -0.507 e.